The summed E-state index contributed by atoms with van der Waals surface area (Å²) in [7, 11) is 2.14. The monoisotopic (exact) mass is 172 g/mol. The molecule has 12 heavy (non-hydrogen) atoms. The van der Waals surface area contributed by atoms with Gasteiger partial charge in [0.25, 0.3) is 0 Å². The van der Waals surface area contributed by atoms with Crippen molar-refractivity contribution in [3.05, 3.63) is 0 Å². The van der Waals surface area contributed by atoms with Gasteiger partial charge in [-0.2, -0.15) is 0 Å². The van der Waals surface area contributed by atoms with Crippen molar-refractivity contribution in [2.45, 2.75) is 19.4 Å². The van der Waals surface area contributed by atoms with Crippen molar-refractivity contribution in [3.63, 3.8) is 0 Å². The molecule has 0 radical (unpaired) electrons. The zero-order valence-electron chi connectivity index (χ0n) is 8.38. The van der Waals surface area contributed by atoms with E-state index >= 15 is 0 Å². The molecule has 0 aromatic heterocycles. The van der Waals surface area contributed by atoms with Gasteiger partial charge in [0.2, 0.25) is 0 Å². The van der Waals surface area contributed by atoms with E-state index in [0.29, 0.717) is 0 Å². The van der Waals surface area contributed by atoms with E-state index in [2.05, 4.69) is 30.7 Å². The maximum absolute atomic E-state index is 9.16. The van der Waals surface area contributed by atoms with Crippen LogP contribution in [0.15, 0.2) is 0 Å². The number of hydrogen-bond acceptors (Lipinski definition) is 3. The topological polar surface area (TPSA) is 26.7 Å². The Kier molecular flexibility index (Phi) is 3.09. The van der Waals surface area contributed by atoms with Crippen LogP contribution in [0.2, 0.25) is 0 Å². The molecule has 1 saturated heterocycles. The van der Waals surface area contributed by atoms with E-state index in [-0.39, 0.29) is 12.1 Å². The summed E-state index contributed by atoms with van der Waals surface area (Å²) in [6.45, 7) is 8.81. The molecule has 1 rings (SSSR count). The Morgan fingerprint density at radius 1 is 1.17 bits per heavy atom. The molecule has 0 aromatic carbocycles. The van der Waals surface area contributed by atoms with Crippen LogP contribution < -0.4 is 0 Å². The molecule has 0 saturated carbocycles. The fourth-order valence-corrected chi connectivity index (χ4v) is 1.51. The quantitative estimate of drug-likeness (QED) is 0.635. The fourth-order valence-electron chi connectivity index (χ4n) is 1.51. The van der Waals surface area contributed by atoms with Gasteiger partial charge in [0, 0.05) is 31.7 Å². The van der Waals surface area contributed by atoms with E-state index in [1.54, 1.807) is 0 Å². The summed E-state index contributed by atoms with van der Waals surface area (Å²) in [4.78, 5) is 4.68. The third-order valence-corrected chi connectivity index (χ3v) is 2.75. The average Bonchev–Trinajstić information content (AvgIpc) is 2.05. The predicted molar refractivity (Wildman–Crippen MR) is 50.2 cm³/mol. The summed E-state index contributed by atoms with van der Waals surface area (Å²) in [5.74, 6) is 0. The molecule has 1 fully saturated rings. The second-order valence-electron chi connectivity index (χ2n) is 4.26. The van der Waals surface area contributed by atoms with E-state index in [1.807, 2.05) is 0 Å². The van der Waals surface area contributed by atoms with Crippen LogP contribution in [0.25, 0.3) is 0 Å². The van der Waals surface area contributed by atoms with Crippen molar-refractivity contribution in [2.75, 3.05) is 39.8 Å². The Morgan fingerprint density at radius 3 is 2.08 bits per heavy atom. The highest BCUT2D eigenvalue weighted by molar-refractivity contribution is 4.84. The van der Waals surface area contributed by atoms with E-state index in [9.17, 15) is 0 Å². The first kappa shape index (κ1) is 9.96. The van der Waals surface area contributed by atoms with Crippen LogP contribution in [0.1, 0.15) is 13.8 Å². The number of aliphatic hydroxyl groups is 1. The highest BCUT2D eigenvalue weighted by Gasteiger charge is 2.27. The highest BCUT2D eigenvalue weighted by Crippen LogP contribution is 2.15. The lowest BCUT2D eigenvalue weighted by Crippen LogP contribution is -2.55. The normalized spacial score (nSPS) is 23.0. The van der Waals surface area contributed by atoms with Crippen LogP contribution in [0.5, 0.6) is 0 Å². The number of hydrogen-bond donors (Lipinski definition) is 1. The molecule has 1 heterocycles. The summed E-state index contributed by atoms with van der Waals surface area (Å²) in [6, 6.07) is 0. The second kappa shape index (κ2) is 3.73. The minimum absolute atomic E-state index is 0.0404. The summed E-state index contributed by atoms with van der Waals surface area (Å²) in [6.07, 6.45) is 0. The number of rotatable bonds is 2. The van der Waals surface area contributed by atoms with Crippen molar-refractivity contribution in [1.29, 1.82) is 0 Å². The smallest absolute Gasteiger partial charge is 0.0610 e. The van der Waals surface area contributed by atoms with Gasteiger partial charge in [-0.15, -0.1) is 0 Å². The van der Waals surface area contributed by atoms with Crippen molar-refractivity contribution < 1.29 is 5.11 Å². The van der Waals surface area contributed by atoms with Crippen LogP contribution in [0.4, 0.5) is 0 Å². The van der Waals surface area contributed by atoms with E-state index in [1.165, 1.54) is 0 Å². The first-order valence-corrected chi connectivity index (χ1v) is 4.61. The molecule has 72 valence electrons. The summed E-state index contributed by atoms with van der Waals surface area (Å²) in [5, 5.41) is 9.16. The van der Waals surface area contributed by atoms with Crippen molar-refractivity contribution >= 4 is 0 Å². The molecule has 0 aliphatic carbocycles. The maximum Gasteiger partial charge on any atom is 0.0610 e. The lowest BCUT2D eigenvalue weighted by Gasteiger charge is -2.42. The molecule has 0 unspecified atom stereocenters. The van der Waals surface area contributed by atoms with Gasteiger partial charge in [0.05, 0.1) is 6.61 Å². The zero-order chi connectivity index (χ0) is 9.19. The minimum Gasteiger partial charge on any atom is -0.394 e. The Bertz CT molecular complexity index is 139. The Morgan fingerprint density at radius 2 is 1.67 bits per heavy atom. The van der Waals surface area contributed by atoms with Crippen LogP contribution in [-0.2, 0) is 0 Å². The average molecular weight is 172 g/mol. The summed E-state index contributed by atoms with van der Waals surface area (Å²) < 4.78 is 0. The molecule has 0 amide bonds. The molecule has 0 bridgehead atoms. The van der Waals surface area contributed by atoms with Gasteiger partial charge >= 0.3 is 0 Å². The molecule has 1 N–H and O–H groups in total. The Balaban J connectivity index is 2.44. The predicted octanol–water partition coefficient (Wildman–Crippen LogP) is 0.00470. The first-order chi connectivity index (χ1) is 5.56. The SMILES string of the molecule is CN1CCN(C(C)(C)CO)CC1. The van der Waals surface area contributed by atoms with E-state index in [0.717, 1.165) is 26.2 Å². The van der Waals surface area contributed by atoms with Crippen molar-refractivity contribution in [3.8, 4) is 0 Å². The van der Waals surface area contributed by atoms with Crippen LogP contribution in [0.3, 0.4) is 0 Å². The number of piperazine rings is 1. The zero-order valence-corrected chi connectivity index (χ0v) is 8.38. The molecular formula is C9H20N2O. The molecule has 0 spiro atoms. The molecule has 1 aliphatic heterocycles. The van der Waals surface area contributed by atoms with Crippen molar-refractivity contribution in [1.82, 2.24) is 9.80 Å². The largest absolute Gasteiger partial charge is 0.394 e. The van der Waals surface area contributed by atoms with Crippen molar-refractivity contribution in [2.24, 2.45) is 0 Å². The Labute approximate surface area is 75.0 Å². The number of likely N-dealkylation sites (N-methyl/N-ethyl adjacent to an activating group) is 1. The molecule has 0 atom stereocenters. The Hall–Kier alpha value is -0.120. The highest BCUT2D eigenvalue weighted by atomic mass is 16.3. The lowest BCUT2D eigenvalue weighted by atomic mass is 10.0. The standard InChI is InChI=1S/C9H20N2O/c1-9(2,8-12)11-6-4-10(3)5-7-11/h12H,4-8H2,1-3H3. The van der Waals surface area contributed by atoms with Crippen LogP contribution in [-0.4, -0.2) is 60.3 Å². The van der Waals surface area contributed by atoms with Crippen LogP contribution in [0, 0.1) is 0 Å². The number of nitrogens with zero attached hydrogens (tertiary/aromatic N) is 2. The molecule has 3 nitrogen and oxygen atoms in total. The minimum atomic E-state index is -0.0404. The summed E-state index contributed by atoms with van der Waals surface area (Å²) in [5.41, 5.74) is -0.0404. The van der Waals surface area contributed by atoms with E-state index in [4.69, 9.17) is 5.11 Å². The second-order valence-corrected chi connectivity index (χ2v) is 4.26. The van der Waals surface area contributed by atoms with Gasteiger partial charge in [0.15, 0.2) is 0 Å². The van der Waals surface area contributed by atoms with Gasteiger partial charge in [-0.3, -0.25) is 4.90 Å². The molecule has 1 aliphatic rings. The molecule has 0 aromatic rings. The third kappa shape index (κ3) is 2.19. The van der Waals surface area contributed by atoms with Gasteiger partial charge in [-0.05, 0) is 20.9 Å². The van der Waals surface area contributed by atoms with Gasteiger partial charge in [-0.1, -0.05) is 0 Å². The number of aliphatic hydroxyl groups excluding tert-OH is 1. The van der Waals surface area contributed by atoms with Crippen LogP contribution >= 0.6 is 0 Å². The molecular weight excluding hydrogens is 152 g/mol. The van der Waals surface area contributed by atoms with Gasteiger partial charge in [0.1, 0.15) is 0 Å². The van der Waals surface area contributed by atoms with Gasteiger partial charge < -0.3 is 10.0 Å². The molecule has 3 heteroatoms. The third-order valence-electron chi connectivity index (χ3n) is 2.75. The first-order valence-electron chi connectivity index (χ1n) is 4.61. The van der Waals surface area contributed by atoms with Gasteiger partial charge in [-0.25, -0.2) is 0 Å². The van der Waals surface area contributed by atoms with E-state index < -0.39 is 0 Å². The summed E-state index contributed by atoms with van der Waals surface area (Å²) >= 11 is 0. The fraction of sp³-hybridized carbons (Fsp3) is 1.00. The maximum atomic E-state index is 9.16. The lowest BCUT2D eigenvalue weighted by molar-refractivity contribution is 0.0229.